The Bertz CT molecular complexity index is 1060. The van der Waals surface area contributed by atoms with Gasteiger partial charge >= 0.3 is 0 Å². The molecule has 0 atom stereocenters. The fraction of sp³-hybridized carbons (Fsp3) is 0.308. The first-order valence-electron chi connectivity index (χ1n) is 10.4. The summed E-state index contributed by atoms with van der Waals surface area (Å²) >= 11 is 0. The number of aryl methyl sites for hydroxylation is 3. The van der Waals surface area contributed by atoms with Gasteiger partial charge in [0.2, 0.25) is 0 Å². The van der Waals surface area contributed by atoms with Crippen molar-refractivity contribution >= 4 is 0 Å². The molecule has 4 rings (SSSR count). The van der Waals surface area contributed by atoms with E-state index in [1.807, 2.05) is 25.1 Å². The molecule has 0 amide bonds. The lowest BCUT2D eigenvalue weighted by molar-refractivity contribution is 0.300. The Labute approximate surface area is 173 Å². The molecule has 0 aliphatic heterocycles. The van der Waals surface area contributed by atoms with Gasteiger partial charge in [-0.25, -0.2) is 0 Å². The zero-order chi connectivity index (χ0) is 20.2. The molecule has 0 unspecified atom stereocenters. The number of hydrogen-bond donors (Lipinski definition) is 0. The second-order valence-electron chi connectivity index (χ2n) is 7.74. The number of nitrogens with zero attached hydrogens (tertiary/aromatic N) is 2. The number of fused-ring (bicyclic) bond motifs is 1. The summed E-state index contributed by atoms with van der Waals surface area (Å²) in [5.41, 5.74) is 8.60. The fourth-order valence-corrected chi connectivity index (χ4v) is 3.98. The Morgan fingerprint density at radius 1 is 1.03 bits per heavy atom. The summed E-state index contributed by atoms with van der Waals surface area (Å²) in [6, 6.07) is 18.7. The second-order valence-corrected chi connectivity index (χ2v) is 7.74. The van der Waals surface area contributed by atoms with Crippen molar-refractivity contribution in [2.24, 2.45) is 0 Å². The predicted molar refractivity (Wildman–Crippen MR) is 116 cm³/mol. The van der Waals surface area contributed by atoms with E-state index in [1.54, 1.807) is 0 Å². The van der Waals surface area contributed by atoms with E-state index in [2.05, 4.69) is 43.3 Å². The van der Waals surface area contributed by atoms with Crippen molar-refractivity contribution in [1.29, 1.82) is 5.26 Å². The van der Waals surface area contributed by atoms with Gasteiger partial charge in [0, 0.05) is 23.0 Å². The summed E-state index contributed by atoms with van der Waals surface area (Å²) in [7, 11) is 0. The number of pyridine rings is 1. The maximum atomic E-state index is 9.43. The van der Waals surface area contributed by atoms with Crippen LogP contribution in [0.5, 0.6) is 5.75 Å². The number of nitriles is 1. The number of hydrogen-bond acceptors (Lipinski definition) is 3. The number of rotatable bonds is 5. The van der Waals surface area contributed by atoms with Crippen LogP contribution in [0.4, 0.5) is 0 Å². The van der Waals surface area contributed by atoms with E-state index in [0.717, 1.165) is 53.0 Å². The molecule has 1 aromatic heterocycles. The molecule has 1 aliphatic carbocycles. The smallest absolute Gasteiger partial charge is 0.126 e. The molecule has 29 heavy (non-hydrogen) atoms. The zero-order valence-corrected chi connectivity index (χ0v) is 17.2. The van der Waals surface area contributed by atoms with Crippen molar-refractivity contribution < 1.29 is 4.74 Å². The van der Waals surface area contributed by atoms with E-state index in [9.17, 15) is 5.26 Å². The maximum Gasteiger partial charge on any atom is 0.126 e. The number of benzene rings is 2. The highest BCUT2D eigenvalue weighted by Gasteiger charge is 2.17. The van der Waals surface area contributed by atoms with Gasteiger partial charge in [-0.3, -0.25) is 4.98 Å². The summed E-state index contributed by atoms with van der Waals surface area (Å²) < 4.78 is 6.25. The summed E-state index contributed by atoms with van der Waals surface area (Å²) in [6.07, 6.45) is 5.48. The van der Waals surface area contributed by atoms with Crippen molar-refractivity contribution in [3.8, 4) is 22.9 Å². The van der Waals surface area contributed by atoms with Crippen LogP contribution in [0.2, 0.25) is 0 Å². The molecule has 3 aromatic rings. The van der Waals surface area contributed by atoms with Gasteiger partial charge in [0.25, 0.3) is 0 Å². The third kappa shape index (κ3) is 4.17. The minimum Gasteiger partial charge on any atom is -0.488 e. The van der Waals surface area contributed by atoms with Gasteiger partial charge in [0.15, 0.2) is 0 Å². The van der Waals surface area contributed by atoms with Crippen molar-refractivity contribution in [1.82, 2.24) is 4.98 Å². The molecule has 0 bridgehead atoms. The quantitative estimate of drug-likeness (QED) is 0.548. The third-order valence-electron chi connectivity index (χ3n) is 5.63. The summed E-state index contributed by atoms with van der Waals surface area (Å²) in [5, 5.41) is 9.43. The average molecular weight is 383 g/mol. The molecular formula is C26H26N2O. The van der Waals surface area contributed by atoms with E-state index in [0.29, 0.717) is 12.2 Å². The molecular weight excluding hydrogens is 356 g/mol. The van der Waals surface area contributed by atoms with Crippen molar-refractivity contribution in [3.05, 3.63) is 82.2 Å². The Balaban J connectivity index is 1.53. The largest absolute Gasteiger partial charge is 0.488 e. The predicted octanol–water partition coefficient (Wildman–Crippen LogP) is 5.95. The normalized spacial score (nSPS) is 12.9. The van der Waals surface area contributed by atoms with E-state index in [-0.39, 0.29) is 0 Å². The lowest BCUT2D eigenvalue weighted by atomic mass is 9.94. The average Bonchev–Trinajstić information content (AvgIpc) is 2.77. The topological polar surface area (TPSA) is 45.9 Å². The van der Waals surface area contributed by atoms with E-state index < -0.39 is 0 Å². The van der Waals surface area contributed by atoms with Crippen LogP contribution in [0.1, 0.15) is 53.4 Å². The molecule has 0 spiro atoms. The first-order chi connectivity index (χ1) is 14.2. The van der Waals surface area contributed by atoms with Crippen molar-refractivity contribution in [3.63, 3.8) is 0 Å². The van der Waals surface area contributed by atoms with Gasteiger partial charge < -0.3 is 4.74 Å². The van der Waals surface area contributed by atoms with E-state index in [1.165, 1.54) is 24.1 Å². The Hall–Kier alpha value is -3.12. The Kier molecular flexibility index (Phi) is 5.62. The highest BCUT2D eigenvalue weighted by molar-refractivity contribution is 5.71. The van der Waals surface area contributed by atoms with E-state index >= 15 is 0 Å². The third-order valence-corrected chi connectivity index (χ3v) is 5.63. The molecule has 0 saturated carbocycles. The molecule has 1 heterocycles. The first-order valence-corrected chi connectivity index (χ1v) is 10.4. The van der Waals surface area contributed by atoms with Crippen LogP contribution in [0.3, 0.4) is 0 Å². The standard InChI is InChI=1S/C26H26N2O/c1-3-22-15-26(24-6-4-5-7-25(24)28-22)29-17-19-9-11-20(12-10-19)23-13-8-18(2)14-21(23)16-27/h8-15H,3-7,17H2,1-2H3. The van der Waals surface area contributed by atoms with Crippen LogP contribution in [0.25, 0.3) is 11.1 Å². The molecule has 3 heteroatoms. The van der Waals surface area contributed by atoms with Crippen LogP contribution in [-0.4, -0.2) is 4.98 Å². The summed E-state index contributed by atoms with van der Waals surface area (Å²) in [4.78, 5) is 4.81. The maximum absolute atomic E-state index is 9.43. The molecule has 1 aliphatic rings. The highest BCUT2D eigenvalue weighted by Crippen LogP contribution is 2.30. The molecule has 0 N–H and O–H groups in total. The molecule has 0 fully saturated rings. The Morgan fingerprint density at radius 3 is 2.59 bits per heavy atom. The molecule has 2 aromatic carbocycles. The molecule has 3 nitrogen and oxygen atoms in total. The summed E-state index contributed by atoms with van der Waals surface area (Å²) in [5.74, 6) is 1.00. The molecule has 146 valence electrons. The summed E-state index contributed by atoms with van der Waals surface area (Å²) in [6.45, 7) is 4.69. The zero-order valence-electron chi connectivity index (χ0n) is 17.2. The van der Waals surface area contributed by atoms with Gasteiger partial charge in [0.1, 0.15) is 12.4 Å². The lowest BCUT2D eigenvalue weighted by Gasteiger charge is -2.20. The van der Waals surface area contributed by atoms with Crippen molar-refractivity contribution in [2.75, 3.05) is 0 Å². The van der Waals surface area contributed by atoms with E-state index in [4.69, 9.17) is 9.72 Å². The van der Waals surface area contributed by atoms with Gasteiger partial charge in [-0.15, -0.1) is 0 Å². The molecule has 0 saturated heterocycles. The van der Waals surface area contributed by atoms with Gasteiger partial charge in [-0.1, -0.05) is 43.3 Å². The van der Waals surface area contributed by atoms with Crippen LogP contribution in [-0.2, 0) is 25.9 Å². The highest BCUT2D eigenvalue weighted by atomic mass is 16.5. The number of ether oxygens (including phenoxy) is 1. The fourth-order valence-electron chi connectivity index (χ4n) is 3.98. The van der Waals surface area contributed by atoms with Crippen LogP contribution >= 0.6 is 0 Å². The second kappa shape index (κ2) is 8.49. The monoisotopic (exact) mass is 382 g/mol. The van der Waals surface area contributed by atoms with Crippen LogP contribution in [0, 0.1) is 18.3 Å². The molecule has 0 radical (unpaired) electrons. The first kappa shape index (κ1) is 19.2. The SMILES string of the molecule is CCc1cc(OCc2ccc(-c3ccc(C)cc3C#N)cc2)c2c(n1)CCCC2. The lowest BCUT2D eigenvalue weighted by Crippen LogP contribution is -2.10. The minimum atomic E-state index is 0.541. The minimum absolute atomic E-state index is 0.541. The van der Waals surface area contributed by atoms with Gasteiger partial charge in [-0.05, 0) is 67.3 Å². The van der Waals surface area contributed by atoms with Crippen molar-refractivity contribution in [2.45, 2.75) is 52.6 Å². The Morgan fingerprint density at radius 2 is 1.83 bits per heavy atom. The van der Waals surface area contributed by atoms with Crippen LogP contribution < -0.4 is 4.74 Å². The van der Waals surface area contributed by atoms with Gasteiger partial charge in [0.05, 0.1) is 11.6 Å². The van der Waals surface area contributed by atoms with Gasteiger partial charge in [-0.2, -0.15) is 5.26 Å². The number of aromatic nitrogens is 1. The van der Waals surface area contributed by atoms with Crippen LogP contribution in [0.15, 0.2) is 48.5 Å².